The Balaban J connectivity index is 2.21. The van der Waals surface area contributed by atoms with E-state index in [-0.39, 0.29) is 5.41 Å². The van der Waals surface area contributed by atoms with Crippen LogP contribution in [0.25, 0.3) is 10.8 Å². The van der Waals surface area contributed by atoms with Crippen molar-refractivity contribution in [2.45, 2.75) is 19.3 Å². The van der Waals surface area contributed by atoms with Crippen LogP contribution in [-0.2, 0) is 10.2 Å². The first-order chi connectivity index (χ1) is 9.13. The van der Waals surface area contributed by atoms with Crippen LogP contribution in [0.1, 0.15) is 19.4 Å². The Morgan fingerprint density at radius 3 is 2.47 bits per heavy atom. The zero-order valence-electron chi connectivity index (χ0n) is 11.1. The Bertz CT molecular complexity index is 723. The number of fused-ring (bicyclic) bond motifs is 2. The molecule has 1 aliphatic heterocycles. The number of carbonyl (C=O) groups excluding carboxylic acids is 1. The monoisotopic (exact) mass is 249 g/mol. The van der Waals surface area contributed by atoms with Crippen molar-refractivity contribution in [2.75, 3.05) is 0 Å². The molecule has 1 heterocycles. The minimum atomic E-state index is -0.154. The van der Waals surface area contributed by atoms with E-state index in [1.807, 2.05) is 12.1 Å². The molecule has 3 rings (SSSR count). The number of nitrogens with zero attached hydrogens (tertiary/aromatic N) is 1. The lowest BCUT2D eigenvalue weighted by Crippen LogP contribution is -2.23. The highest BCUT2D eigenvalue weighted by Gasteiger charge is 2.33. The van der Waals surface area contributed by atoms with Crippen LogP contribution < -0.4 is 0 Å². The van der Waals surface area contributed by atoms with Crippen molar-refractivity contribution >= 4 is 28.5 Å². The van der Waals surface area contributed by atoms with E-state index in [0.717, 1.165) is 17.7 Å². The maximum atomic E-state index is 10.5. The van der Waals surface area contributed by atoms with Gasteiger partial charge in [-0.15, -0.1) is 0 Å². The number of hydrogen-bond donors (Lipinski definition) is 0. The molecule has 0 unspecified atom stereocenters. The smallest absolute Gasteiger partial charge is 0.142 e. The average Bonchev–Trinajstić information content (AvgIpc) is 2.65. The van der Waals surface area contributed by atoms with Crippen LogP contribution in [0.15, 0.2) is 53.5 Å². The molecule has 2 nitrogen and oxygen atoms in total. The predicted octanol–water partition coefficient (Wildman–Crippen LogP) is 3.96. The van der Waals surface area contributed by atoms with E-state index in [1.165, 1.54) is 22.4 Å². The second-order valence-corrected chi connectivity index (χ2v) is 5.33. The lowest BCUT2D eigenvalue weighted by atomic mass is 9.80. The molecule has 0 fully saturated rings. The highest BCUT2D eigenvalue weighted by Crippen LogP contribution is 2.42. The van der Waals surface area contributed by atoms with Crippen molar-refractivity contribution in [3.8, 4) is 0 Å². The fourth-order valence-electron chi connectivity index (χ4n) is 2.60. The van der Waals surface area contributed by atoms with Crippen LogP contribution in [0.3, 0.4) is 0 Å². The molecule has 0 spiro atoms. The van der Waals surface area contributed by atoms with Crippen molar-refractivity contribution in [1.29, 1.82) is 0 Å². The summed E-state index contributed by atoms with van der Waals surface area (Å²) >= 11 is 0. The van der Waals surface area contributed by atoms with E-state index < -0.39 is 0 Å². The van der Waals surface area contributed by atoms with Crippen molar-refractivity contribution in [2.24, 2.45) is 4.99 Å². The van der Waals surface area contributed by atoms with Gasteiger partial charge in [-0.1, -0.05) is 38.1 Å². The molecule has 0 amide bonds. The van der Waals surface area contributed by atoms with Gasteiger partial charge in [0.1, 0.15) is 6.29 Å². The van der Waals surface area contributed by atoms with Gasteiger partial charge in [-0.25, -0.2) is 0 Å². The Hall–Kier alpha value is -2.22. The third kappa shape index (κ3) is 1.80. The summed E-state index contributed by atoms with van der Waals surface area (Å²) in [6, 6.07) is 12.6. The van der Waals surface area contributed by atoms with E-state index >= 15 is 0 Å². The number of aliphatic imine (C=N–C) groups is 1. The number of benzene rings is 2. The normalized spacial score (nSPS) is 16.6. The summed E-state index contributed by atoms with van der Waals surface area (Å²) in [4.78, 5) is 15.2. The van der Waals surface area contributed by atoms with Crippen molar-refractivity contribution < 1.29 is 4.79 Å². The topological polar surface area (TPSA) is 29.4 Å². The van der Waals surface area contributed by atoms with Gasteiger partial charge in [-0.05, 0) is 40.6 Å². The second kappa shape index (κ2) is 4.16. The zero-order chi connectivity index (χ0) is 13.5. The van der Waals surface area contributed by atoms with Crippen LogP contribution >= 0.6 is 0 Å². The minimum Gasteiger partial charge on any atom is -0.299 e. The first-order valence-electron chi connectivity index (χ1n) is 6.37. The number of aldehydes is 1. The molecular weight excluding hydrogens is 234 g/mol. The van der Waals surface area contributed by atoms with Gasteiger partial charge in [0, 0.05) is 5.41 Å². The molecule has 0 N–H and O–H groups in total. The first-order valence-corrected chi connectivity index (χ1v) is 6.37. The maximum Gasteiger partial charge on any atom is 0.142 e. The van der Waals surface area contributed by atoms with Gasteiger partial charge in [0.05, 0.1) is 11.4 Å². The molecule has 0 bridgehead atoms. The molecule has 0 saturated heterocycles. The SMILES string of the molecule is CC1(C)C(C=CC=O)=Nc2cc3ccccc3cc21. The van der Waals surface area contributed by atoms with Crippen LogP contribution in [0.4, 0.5) is 5.69 Å². The molecule has 0 atom stereocenters. The van der Waals surface area contributed by atoms with E-state index in [2.05, 4.69) is 43.1 Å². The summed E-state index contributed by atoms with van der Waals surface area (Å²) in [5, 5.41) is 2.42. The third-order valence-corrected chi connectivity index (χ3v) is 3.75. The molecule has 0 aliphatic carbocycles. The summed E-state index contributed by atoms with van der Waals surface area (Å²) in [7, 11) is 0. The molecule has 2 heteroatoms. The Morgan fingerprint density at radius 1 is 1.11 bits per heavy atom. The largest absolute Gasteiger partial charge is 0.299 e. The fraction of sp³-hybridized carbons (Fsp3) is 0.176. The predicted molar refractivity (Wildman–Crippen MR) is 79.3 cm³/mol. The molecule has 94 valence electrons. The highest BCUT2D eigenvalue weighted by atomic mass is 16.1. The molecular formula is C17H15NO. The van der Waals surface area contributed by atoms with Gasteiger partial charge in [-0.3, -0.25) is 9.79 Å². The Morgan fingerprint density at radius 2 is 1.79 bits per heavy atom. The van der Waals surface area contributed by atoms with Crippen LogP contribution in [-0.4, -0.2) is 12.0 Å². The van der Waals surface area contributed by atoms with Crippen LogP contribution in [0.5, 0.6) is 0 Å². The number of allylic oxidation sites excluding steroid dienone is 2. The molecule has 0 radical (unpaired) electrons. The molecule has 19 heavy (non-hydrogen) atoms. The second-order valence-electron chi connectivity index (χ2n) is 5.33. The lowest BCUT2D eigenvalue weighted by Gasteiger charge is -2.20. The molecule has 2 aromatic rings. The lowest BCUT2D eigenvalue weighted by molar-refractivity contribution is -0.104. The van der Waals surface area contributed by atoms with Crippen molar-refractivity contribution in [3.05, 3.63) is 54.1 Å². The van der Waals surface area contributed by atoms with Crippen molar-refractivity contribution in [1.82, 2.24) is 0 Å². The van der Waals surface area contributed by atoms with Gasteiger partial charge >= 0.3 is 0 Å². The Labute approximate surface area is 112 Å². The first kappa shape index (κ1) is 11.8. The summed E-state index contributed by atoms with van der Waals surface area (Å²) in [5.74, 6) is 0. The van der Waals surface area contributed by atoms with Gasteiger partial charge < -0.3 is 0 Å². The van der Waals surface area contributed by atoms with E-state index in [0.29, 0.717) is 0 Å². The zero-order valence-corrected chi connectivity index (χ0v) is 11.1. The average molecular weight is 249 g/mol. The minimum absolute atomic E-state index is 0.154. The van der Waals surface area contributed by atoms with Gasteiger partial charge in [-0.2, -0.15) is 0 Å². The maximum absolute atomic E-state index is 10.5. The van der Waals surface area contributed by atoms with E-state index in [4.69, 9.17) is 0 Å². The molecule has 1 aliphatic rings. The van der Waals surface area contributed by atoms with E-state index in [1.54, 1.807) is 6.08 Å². The van der Waals surface area contributed by atoms with Crippen molar-refractivity contribution in [3.63, 3.8) is 0 Å². The standard InChI is InChI=1S/C17H15NO/c1-17(2)14-10-12-6-3-4-7-13(12)11-15(14)18-16(17)8-5-9-19/h3-11H,1-2H3. The summed E-state index contributed by atoms with van der Waals surface area (Å²) < 4.78 is 0. The summed E-state index contributed by atoms with van der Waals surface area (Å²) in [6.07, 6.45) is 4.10. The quantitative estimate of drug-likeness (QED) is 0.585. The van der Waals surface area contributed by atoms with Gasteiger partial charge in [0.15, 0.2) is 0 Å². The molecule has 0 saturated carbocycles. The van der Waals surface area contributed by atoms with Crippen LogP contribution in [0.2, 0.25) is 0 Å². The number of carbonyl (C=O) groups is 1. The Kier molecular flexibility index (Phi) is 2.59. The summed E-state index contributed by atoms with van der Waals surface area (Å²) in [6.45, 7) is 4.28. The van der Waals surface area contributed by atoms with E-state index in [9.17, 15) is 4.79 Å². The number of hydrogen-bond acceptors (Lipinski definition) is 2. The third-order valence-electron chi connectivity index (χ3n) is 3.75. The molecule has 2 aromatic carbocycles. The van der Waals surface area contributed by atoms with Gasteiger partial charge in [0.2, 0.25) is 0 Å². The highest BCUT2D eigenvalue weighted by molar-refractivity contribution is 6.10. The fourth-order valence-corrected chi connectivity index (χ4v) is 2.60. The number of rotatable bonds is 2. The molecule has 0 aromatic heterocycles. The van der Waals surface area contributed by atoms with Crippen LogP contribution in [0, 0.1) is 0 Å². The van der Waals surface area contributed by atoms with Gasteiger partial charge in [0.25, 0.3) is 0 Å². The summed E-state index contributed by atoms with van der Waals surface area (Å²) in [5.41, 5.74) is 3.01.